The van der Waals surface area contributed by atoms with Crippen LogP contribution < -0.4 is 10.6 Å². The average molecular weight is 313 g/mol. The Bertz CT molecular complexity index is 687. The number of aromatic nitrogens is 5. The van der Waals surface area contributed by atoms with Crippen LogP contribution >= 0.6 is 0 Å². The Kier molecular flexibility index (Phi) is 3.64. The summed E-state index contributed by atoms with van der Waals surface area (Å²) in [6, 6.07) is 3.83. The number of hydrogen-bond acceptors (Lipinski definition) is 5. The van der Waals surface area contributed by atoms with Crippen LogP contribution in [0.25, 0.3) is 0 Å². The van der Waals surface area contributed by atoms with E-state index in [1.807, 2.05) is 12.1 Å². The van der Waals surface area contributed by atoms with Gasteiger partial charge in [0.25, 0.3) is 0 Å². The van der Waals surface area contributed by atoms with E-state index in [0.717, 1.165) is 17.9 Å². The Morgan fingerprint density at radius 1 is 1.35 bits per heavy atom. The number of rotatable bonds is 4. The van der Waals surface area contributed by atoms with Crippen LogP contribution in [0.2, 0.25) is 0 Å². The van der Waals surface area contributed by atoms with Gasteiger partial charge >= 0.3 is 6.03 Å². The van der Waals surface area contributed by atoms with Crippen LogP contribution in [0.4, 0.5) is 10.6 Å². The first-order valence-corrected chi connectivity index (χ1v) is 7.99. The second-order valence-corrected chi connectivity index (χ2v) is 6.40. The molecule has 3 atom stereocenters. The molecule has 120 valence electrons. The summed E-state index contributed by atoms with van der Waals surface area (Å²) in [5.41, 5.74) is 0.952. The average Bonchev–Trinajstić information content (AvgIpc) is 3.25. The zero-order valence-electron chi connectivity index (χ0n) is 12.7. The lowest BCUT2D eigenvalue weighted by Crippen LogP contribution is -2.41. The van der Waals surface area contributed by atoms with Crippen LogP contribution in [0.5, 0.6) is 0 Å². The zero-order valence-corrected chi connectivity index (χ0v) is 12.7. The van der Waals surface area contributed by atoms with E-state index < -0.39 is 0 Å². The molecule has 2 fully saturated rings. The molecule has 2 bridgehead atoms. The number of nitrogens with one attached hydrogen (secondary N) is 2. The molecule has 2 aliphatic carbocycles. The molecule has 0 aromatic carbocycles. The predicted molar refractivity (Wildman–Crippen MR) is 82.5 cm³/mol. The van der Waals surface area contributed by atoms with Gasteiger partial charge in [-0.25, -0.2) is 9.78 Å². The molecule has 0 aliphatic heterocycles. The van der Waals surface area contributed by atoms with Gasteiger partial charge in [0.1, 0.15) is 5.82 Å². The Labute approximate surface area is 133 Å². The fourth-order valence-corrected chi connectivity index (χ4v) is 3.81. The van der Waals surface area contributed by atoms with Gasteiger partial charge in [0, 0.05) is 12.2 Å². The number of nitrogens with zero attached hydrogens (tertiary/aromatic N) is 5. The molecule has 2 amide bonds. The minimum absolute atomic E-state index is 0.175. The van der Waals surface area contributed by atoms with E-state index in [0.29, 0.717) is 24.3 Å². The van der Waals surface area contributed by atoms with Gasteiger partial charge in [-0.15, -0.1) is 10.2 Å². The maximum Gasteiger partial charge on any atom is 0.320 e. The molecule has 0 saturated heterocycles. The molecule has 2 saturated carbocycles. The van der Waals surface area contributed by atoms with Gasteiger partial charge in [0.05, 0.1) is 6.54 Å². The quantitative estimate of drug-likeness (QED) is 0.890. The van der Waals surface area contributed by atoms with E-state index in [1.54, 1.807) is 6.20 Å². The Balaban J connectivity index is 1.35. The van der Waals surface area contributed by atoms with Gasteiger partial charge in [-0.05, 0) is 54.0 Å². The molecule has 8 heteroatoms. The molecule has 8 nitrogen and oxygen atoms in total. The summed E-state index contributed by atoms with van der Waals surface area (Å²) in [4.78, 5) is 17.8. The van der Waals surface area contributed by atoms with E-state index in [1.165, 1.54) is 30.4 Å². The lowest BCUT2D eigenvalue weighted by molar-refractivity contribution is 0.242. The summed E-state index contributed by atoms with van der Waals surface area (Å²) in [6.07, 6.45) is 8.01. The molecule has 1 unspecified atom stereocenters. The van der Waals surface area contributed by atoms with Crippen molar-refractivity contribution in [3.63, 3.8) is 0 Å². The van der Waals surface area contributed by atoms with Crippen molar-refractivity contribution in [2.75, 3.05) is 5.32 Å². The standard InChI is InChI=1S/C15H19N7O/c23-15(19-13-6-10-1-2-12(13)5-10)20-14-7-11(3-4-16-14)8-22-18-9-17-21-22/h3-4,7,9-10,12-13H,1-2,5-6,8H2,(H2,16,19,20,23)/t10-,12?,13-/m1/s1. The molecule has 2 aromatic heterocycles. The molecular weight excluding hydrogens is 294 g/mol. The van der Waals surface area contributed by atoms with Gasteiger partial charge in [-0.2, -0.15) is 4.80 Å². The third kappa shape index (κ3) is 3.15. The Morgan fingerprint density at radius 2 is 2.30 bits per heavy atom. The molecule has 2 N–H and O–H groups in total. The van der Waals surface area contributed by atoms with Crippen LogP contribution in [0.15, 0.2) is 24.7 Å². The number of pyridine rings is 1. The first-order valence-electron chi connectivity index (χ1n) is 7.99. The zero-order chi connectivity index (χ0) is 15.6. The first kappa shape index (κ1) is 14.1. The number of carbonyl (C=O) groups excluding carboxylic acids is 1. The highest BCUT2D eigenvalue weighted by Crippen LogP contribution is 2.44. The van der Waals surface area contributed by atoms with Crippen LogP contribution in [0, 0.1) is 11.8 Å². The molecule has 23 heavy (non-hydrogen) atoms. The van der Waals surface area contributed by atoms with Crippen LogP contribution in [-0.2, 0) is 6.54 Å². The molecule has 0 spiro atoms. The van der Waals surface area contributed by atoms with Gasteiger partial charge in [-0.3, -0.25) is 5.32 Å². The summed E-state index contributed by atoms with van der Waals surface area (Å²) < 4.78 is 0. The van der Waals surface area contributed by atoms with Gasteiger partial charge in [-0.1, -0.05) is 6.42 Å². The van der Waals surface area contributed by atoms with E-state index in [9.17, 15) is 4.79 Å². The second kappa shape index (κ2) is 5.94. The number of urea groups is 1. The Morgan fingerprint density at radius 3 is 3.04 bits per heavy atom. The minimum atomic E-state index is -0.175. The second-order valence-electron chi connectivity index (χ2n) is 6.40. The van der Waals surface area contributed by atoms with E-state index >= 15 is 0 Å². The summed E-state index contributed by atoms with van der Waals surface area (Å²) in [5, 5.41) is 17.4. The smallest absolute Gasteiger partial charge is 0.320 e. The largest absolute Gasteiger partial charge is 0.335 e. The molecule has 0 radical (unpaired) electrons. The van der Waals surface area contributed by atoms with Gasteiger partial charge in [0.2, 0.25) is 0 Å². The van der Waals surface area contributed by atoms with Crippen molar-refractivity contribution in [3.8, 4) is 0 Å². The number of tetrazole rings is 1. The maximum absolute atomic E-state index is 12.2. The monoisotopic (exact) mass is 313 g/mol. The highest BCUT2D eigenvalue weighted by molar-refractivity contribution is 5.88. The molecule has 2 heterocycles. The van der Waals surface area contributed by atoms with Crippen molar-refractivity contribution in [3.05, 3.63) is 30.2 Å². The van der Waals surface area contributed by atoms with Crippen LogP contribution in [0.1, 0.15) is 31.2 Å². The molecular formula is C15H19N7O. The van der Waals surface area contributed by atoms with E-state index in [2.05, 4.69) is 31.0 Å². The number of amides is 2. The third-order valence-corrected chi connectivity index (χ3v) is 4.84. The van der Waals surface area contributed by atoms with Gasteiger partial charge < -0.3 is 5.32 Å². The van der Waals surface area contributed by atoms with E-state index in [-0.39, 0.29) is 6.03 Å². The molecule has 4 rings (SSSR count). The fourth-order valence-electron chi connectivity index (χ4n) is 3.81. The summed E-state index contributed by atoms with van der Waals surface area (Å²) in [6.45, 7) is 0.491. The maximum atomic E-state index is 12.2. The summed E-state index contributed by atoms with van der Waals surface area (Å²) in [5.74, 6) is 1.99. The number of hydrogen-bond donors (Lipinski definition) is 2. The molecule has 2 aromatic rings. The SMILES string of the molecule is O=C(Nc1cc(Cn2ncnn2)ccn1)N[C@@H]1C[C@@H]2CCC1C2. The highest BCUT2D eigenvalue weighted by atomic mass is 16.2. The number of anilines is 1. The van der Waals surface area contributed by atoms with Crippen molar-refractivity contribution in [1.29, 1.82) is 0 Å². The predicted octanol–water partition coefficient (Wildman–Crippen LogP) is 1.43. The topological polar surface area (TPSA) is 97.6 Å². The van der Waals surface area contributed by atoms with E-state index in [4.69, 9.17) is 0 Å². The summed E-state index contributed by atoms with van der Waals surface area (Å²) >= 11 is 0. The lowest BCUT2D eigenvalue weighted by Gasteiger charge is -2.22. The van der Waals surface area contributed by atoms with Crippen molar-refractivity contribution in [2.45, 2.75) is 38.3 Å². The summed E-state index contributed by atoms with van der Waals surface area (Å²) in [7, 11) is 0. The fraction of sp³-hybridized carbons (Fsp3) is 0.533. The number of carbonyl (C=O) groups is 1. The van der Waals surface area contributed by atoms with Crippen molar-refractivity contribution in [2.24, 2.45) is 11.8 Å². The lowest BCUT2D eigenvalue weighted by atomic mass is 9.95. The van der Waals surface area contributed by atoms with Crippen molar-refractivity contribution < 1.29 is 4.79 Å². The van der Waals surface area contributed by atoms with Crippen LogP contribution in [-0.4, -0.2) is 37.3 Å². The van der Waals surface area contributed by atoms with Crippen LogP contribution in [0.3, 0.4) is 0 Å². The highest BCUT2D eigenvalue weighted by Gasteiger charge is 2.40. The van der Waals surface area contributed by atoms with Crippen molar-refractivity contribution >= 4 is 11.8 Å². The minimum Gasteiger partial charge on any atom is -0.335 e. The normalized spacial score (nSPS) is 25.5. The molecule has 2 aliphatic rings. The van der Waals surface area contributed by atoms with Crippen molar-refractivity contribution in [1.82, 2.24) is 30.5 Å². The van der Waals surface area contributed by atoms with Gasteiger partial charge in [0.15, 0.2) is 6.33 Å². The Hall–Kier alpha value is -2.51. The first-order chi connectivity index (χ1) is 11.3. The number of fused-ring (bicyclic) bond motifs is 2. The third-order valence-electron chi connectivity index (χ3n) is 4.84.